The van der Waals surface area contributed by atoms with Crippen molar-refractivity contribution in [3.8, 4) is 5.75 Å². The van der Waals surface area contributed by atoms with Gasteiger partial charge in [-0.15, -0.1) is 0 Å². The van der Waals surface area contributed by atoms with Crippen LogP contribution in [0, 0.1) is 0 Å². The number of benzene rings is 2. The number of hydrogen-bond donors (Lipinski definition) is 0. The Morgan fingerprint density at radius 2 is 1.71 bits per heavy atom. The molecule has 0 unspecified atom stereocenters. The maximum absolute atomic E-state index is 13.2. The zero-order valence-electron chi connectivity index (χ0n) is 18.5. The molecule has 31 heavy (non-hydrogen) atoms. The molecule has 0 fully saturated rings. The summed E-state index contributed by atoms with van der Waals surface area (Å²) in [5, 5.41) is 0. The molecule has 168 valence electrons. The number of imidazole rings is 1. The third-order valence-corrected chi connectivity index (χ3v) is 5.35. The number of alkyl halides is 3. The second kappa shape index (κ2) is 9.73. The highest BCUT2D eigenvalue weighted by Crippen LogP contribution is 2.32. The first-order valence-electron chi connectivity index (χ1n) is 10.8. The zero-order chi connectivity index (χ0) is 22.6. The Labute approximate surface area is 181 Å². The Kier molecular flexibility index (Phi) is 7.26. The van der Waals surface area contributed by atoms with Gasteiger partial charge in [-0.1, -0.05) is 26.0 Å². The van der Waals surface area contributed by atoms with Crippen LogP contribution >= 0.6 is 0 Å². The van der Waals surface area contributed by atoms with Gasteiger partial charge in [-0.25, -0.2) is 4.98 Å². The maximum atomic E-state index is 13.2. The van der Waals surface area contributed by atoms with E-state index in [1.165, 1.54) is 6.07 Å². The highest BCUT2D eigenvalue weighted by atomic mass is 19.4. The van der Waals surface area contributed by atoms with Gasteiger partial charge < -0.3 is 14.2 Å². The summed E-state index contributed by atoms with van der Waals surface area (Å²) in [5.41, 5.74) is 1.47. The fraction of sp³-hybridized carbons (Fsp3) is 0.458. The second-order valence-corrected chi connectivity index (χ2v) is 7.90. The van der Waals surface area contributed by atoms with Crippen molar-refractivity contribution in [3.63, 3.8) is 0 Å². The van der Waals surface area contributed by atoms with Crippen LogP contribution in [-0.4, -0.2) is 40.2 Å². The first-order chi connectivity index (χ1) is 14.7. The predicted molar refractivity (Wildman–Crippen MR) is 118 cm³/mol. The quantitative estimate of drug-likeness (QED) is 0.429. The van der Waals surface area contributed by atoms with Crippen molar-refractivity contribution in [2.24, 2.45) is 0 Å². The van der Waals surface area contributed by atoms with E-state index in [1.807, 2.05) is 42.7 Å². The summed E-state index contributed by atoms with van der Waals surface area (Å²) >= 11 is 0. The summed E-state index contributed by atoms with van der Waals surface area (Å²) in [6.07, 6.45) is -3.75. The van der Waals surface area contributed by atoms with Gasteiger partial charge in [0.1, 0.15) is 11.6 Å². The number of aromatic nitrogens is 2. The molecule has 0 atom stereocenters. The molecule has 0 N–H and O–H groups in total. The monoisotopic (exact) mass is 433 g/mol. The Morgan fingerprint density at radius 3 is 2.29 bits per heavy atom. The average molecular weight is 434 g/mol. The second-order valence-electron chi connectivity index (χ2n) is 7.90. The molecule has 0 aliphatic rings. The van der Waals surface area contributed by atoms with Gasteiger partial charge in [-0.05, 0) is 62.8 Å². The summed E-state index contributed by atoms with van der Waals surface area (Å²) < 4.78 is 47.3. The molecule has 4 nitrogen and oxygen atoms in total. The number of nitrogens with zero attached hydrogens (tertiary/aromatic N) is 3. The van der Waals surface area contributed by atoms with E-state index in [0.29, 0.717) is 18.5 Å². The van der Waals surface area contributed by atoms with Crippen molar-refractivity contribution in [3.05, 3.63) is 59.4 Å². The molecule has 0 spiro atoms. The Bertz CT molecular complexity index is 990. The molecule has 1 aromatic heterocycles. The first-order valence-corrected chi connectivity index (χ1v) is 10.8. The number of ether oxygens (including phenoxy) is 1. The summed E-state index contributed by atoms with van der Waals surface area (Å²) in [7, 11) is 0. The molecule has 0 saturated heterocycles. The van der Waals surface area contributed by atoms with Gasteiger partial charge in [-0.3, -0.25) is 0 Å². The Balaban J connectivity index is 1.94. The van der Waals surface area contributed by atoms with Gasteiger partial charge in [0.15, 0.2) is 0 Å². The van der Waals surface area contributed by atoms with Crippen molar-refractivity contribution in [2.45, 2.75) is 52.9 Å². The molecule has 0 aliphatic heterocycles. The van der Waals surface area contributed by atoms with Gasteiger partial charge in [-0.2, -0.15) is 13.2 Å². The summed E-state index contributed by atoms with van der Waals surface area (Å²) in [6, 6.07) is 11.6. The van der Waals surface area contributed by atoms with Crippen molar-refractivity contribution in [2.75, 3.05) is 19.6 Å². The van der Waals surface area contributed by atoms with E-state index in [1.54, 1.807) is 0 Å². The van der Waals surface area contributed by atoms with Crippen LogP contribution in [0.1, 0.15) is 44.6 Å². The summed E-state index contributed by atoms with van der Waals surface area (Å²) in [5.74, 6) is 1.56. The van der Waals surface area contributed by atoms with E-state index in [0.717, 1.165) is 54.4 Å². The van der Waals surface area contributed by atoms with Gasteiger partial charge in [0.25, 0.3) is 0 Å². The zero-order valence-corrected chi connectivity index (χ0v) is 18.5. The standard InChI is InChI=1S/C24H30F3N3O/c1-5-29(6-2)13-14-30-22-12-9-19(24(25,26)27)16-21(22)28-23(30)15-18-7-10-20(11-8-18)31-17(3)4/h7-12,16-17H,5-6,13-15H2,1-4H3. The van der Waals surface area contributed by atoms with Gasteiger partial charge >= 0.3 is 6.18 Å². The van der Waals surface area contributed by atoms with Crippen LogP contribution in [0.2, 0.25) is 0 Å². The third-order valence-electron chi connectivity index (χ3n) is 5.35. The van der Waals surface area contributed by atoms with Gasteiger partial charge in [0.05, 0.1) is 22.7 Å². The fourth-order valence-corrected chi connectivity index (χ4v) is 3.66. The van der Waals surface area contributed by atoms with Crippen molar-refractivity contribution in [1.29, 1.82) is 0 Å². The molecular weight excluding hydrogens is 403 g/mol. The van der Waals surface area contributed by atoms with Crippen molar-refractivity contribution in [1.82, 2.24) is 14.5 Å². The Morgan fingerprint density at radius 1 is 1.03 bits per heavy atom. The molecule has 0 aliphatic carbocycles. The van der Waals surface area contributed by atoms with E-state index in [9.17, 15) is 13.2 Å². The Hall–Kier alpha value is -2.54. The molecule has 0 radical (unpaired) electrons. The summed E-state index contributed by atoms with van der Waals surface area (Å²) in [4.78, 5) is 6.89. The van der Waals surface area contributed by atoms with Crippen LogP contribution in [0.5, 0.6) is 5.75 Å². The first kappa shape index (κ1) is 23.1. The summed E-state index contributed by atoms with van der Waals surface area (Å²) in [6.45, 7) is 11.5. The minimum atomic E-state index is -4.38. The topological polar surface area (TPSA) is 30.3 Å². The van der Waals surface area contributed by atoms with Crippen LogP contribution in [0.3, 0.4) is 0 Å². The molecule has 3 aromatic rings. The normalized spacial score (nSPS) is 12.3. The van der Waals surface area contributed by atoms with Crippen molar-refractivity contribution >= 4 is 11.0 Å². The van der Waals surface area contributed by atoms with E-state index >= 15 is 0 Å². The minimum absolute atomic E-state index is 0.0953. The van der Waals surface area contributed by atoms with E-state index < -0.39 is 11.7 Å². The largest absolute Gasteiger partial charge is 0.491 e. The van der Waals surface area contributed by atoms with Crippen molar-refractivity contribution < 1.29 is 17.9 Å². The molecule has 7 heteroatoms. The van der Waals surface area contributed by atoms with Crippen LogP contribution in [0.15, 0.2) is 42.5 Å². The van der Waals surface area contributed by atoms with Crippen LogP contribution in [-0.2, 0) is 19.1 Å². The van der Waals surface area contributed by atoms with E-state index in [2.05, 4.69) is 23.7 Å². The number of halogens is 3. The van der Waals surface area contributed by atoms with Gasteiger partial charge in [0, 0.05) is 19.5 Å². The lowest BCUT2D eigenvalue weighted by molar-refractivity contribution is -0.137. The molecule has 0 saturated carbocycles. The van der Waals surface area contributed by atoms with Crippen LogP contribution < -0.4 is 4.74 Å². The molecule has 0 bridgehead atoms. The number of fused-ring (bicyclic) bond motifs is 1. The lowest BCUT2D eigenvalue weighted by Crippen LogP contribution is -2.27. The third kappa shape index (κ3) is 5.79. The average Bonchev–Trinajstić information content (AvgIpc) is 3.05. The van der Waals surface area contributed by atoms with E-state index in [4.69, 9.17) is 4.74 Å². The lowest BCUT2D eigenvalue weighted by Gasteiger charge is -2.19. The minimum Gasteiger partial charge on any atom is -0.491 e. The fourth-order valence-electron chi connectivity index (χ4n) is 3.66. The smallest absolute Gasteiger partial charge is 0.416 e. The van der Waals surface area contributed by atoms with E-state index in [-0.39, 0.29) is 6.10 Å². The number of rotatable bonds is 9. The van der Waals surface area contributed by atoms with Crippen LogP contribution in [0.4, 0.5) is 13.2 Å². The molecular formula is C24H30F3N3O. The molecule has 0 amide bonds. The highest BCUT2D eigenvalue weighted by molar-refractivity contribution is 5.77. The highest BCUT2D eigenvalue weighted by Gasteiger charge is 2.31. The SMILES string of the molecule is CCN(CC)CCn1c(Cc2ccc(OC(C)C)cc2)nc2cc(C(F)(F)F)ccc21. The lowest BCUT2D eigenvalue weighted by atomic mass is 10.1. The maximum Gasteiger partial charge on any atom is 0.416 e. The van der Waals surface area contributed by atoms with Gasteiger partial charge in [0.2, 0.25) is 0 Å². The molecule has 2 aromatic carbocycles. The van der Waals surface area contributed by atoms with Crippen LogP contribution in [0.25, 0.3) is 11.0 Å². The predicted octanol–water partition coefficient (Wildman–Crippen LogP) is 5.77. The number of hydrogen-bond acceptors (Lipinski definition) is 3. The molecule has 3 rings (SSSR count). The molecule has 1 heterocycles. The number of likely N-dealkylation sites (N-methyl/N-ethyl adjacent to an activating group) is 1.